The van der Waals surface area contributed by atoms with Gasteiger partial charge in [0.2, 0.25) is 5.95 Å². The van der Waals surface area contributed by atoms with Crippen LogP contribution < -0.4 is 0 Å². The number of nitrogens with zero attached hydrogens (tertiary/aromatic N) is 4. The van der Waals surface area contributed by atoms with Crippen LogP contribution in [0.5, 0.6) is 0 Å². The molecule has 4 heterocycles. The summed E-state index contributed by atoms with van der Waals surface area (Å²) in [6.45, 7) is 4.69. The van der Waals surface area contributed by atoms with Gasteiger partial charge in [0, 0.05) is 42.6 Å². The third-order valence-electron chi connectivity index (χ3n) is 12.1. The largest absolute Gasteiger partial charge is 0.278 e. The number of thiophene rings is 1. The van der Waals surface area contributed by atoms with Crippen molar-refractivity contribution in [3.05, 3.63) is 193 Å². The minimum Gasteiger partial charge on any atom is -0.278 e. The molecule has 12 rings (SSSR count). The van der Waals surface area contributed by atoms with E-state index < -0.39 is 0 Å². The van der Waals surface area contributed by atoms with Gasteiger partial charge in [-0.15, -0.1) is 22.7 Å². The highest BCUT2D eigenvalue weighted by molar-refractivity contribution is 7.21. The third-order valence-corrected chi connectivity index (χ3v) is 14.4. The molecule has 0 saturated carbocycles. The van der Waals surface area contributed by atoms with Crippen LogP contribution >= 0.6 is 22.7 Å². The Hall–Kier alpha value is -6.99. The first-order chi connectivity index (χ1) is 29.5. The van der Waals surface area contributed by atoms with E-state index >= 15 is 0 Å². The molecule has 284 valence electrons. The summed E-state index contributed by atoms with van der Waals surface area (Å²) < 4.78 is 3.50. The van der Waals surface area contributed by atoms with E-state index in [1.165, 1.54) is 58.6 Å². The van der Waals surface area contributed by atoms with Crippen LogP contribution in [0.2, 0.25) is 0 Å². The summed E-state index contributed by atoms with van der Waals surface area (Å²) in [4.78, 5) is 18.1. The van der Waals surface area contributed by atoms with Crippen molar-refractivity contribution in [3.8, 4) is 71.0 Å². The first-order valence-electron chi connectivity index (χ1n) is 20.3. The van der Waals surface area contributed by atoms with E-state index in [4.69, 9.17) is 15.0 Å². The van der Waals surface area contributed by atoms with Crippen molar-refractivity contribution in [2.75, 3.05) is 0 Å². The molecule has 4 nitrogen and oxygen atoms in total. The first-order valence-corrected chi connectivity index (χ1v) is 21.9. The van der Waals surface area contributed by atoms with Crippen molar-refractivity contribution in [1.82, 2.24) is 19.5 Å². The lowest BCUT2D eigenvalue weighted by Gasteiger charge is -2.21. The van der Waals surface area contributed by atoms with Crippen molar-refractivity contribution >= 4 is 54.7 Å². The van der Waals surface area contributed by atoms with Gasteiger partial charge in [0.15, 0.2) is 0 Å². The molecule has 60 heavy (non-hydrogen) atoms. The Balaban J connectivity index is 1.04. The second kappa shape index (κ2) is 13.5. The molecule has 0 radical (unpaired) electrons. The molecule has 11 aromatic rings. The molecule has 0 fully saturated rings. The van der Waals surface area contributed by atoms with Crippen molar-refractivity contribution in [1.29, 1.82) is 0 Å². The van der Waals surface area contributed by atoms with E-state index in [2.05, 4.69) is 188 Å². The van der Waals surface area contributed by atoms with E-state index in [1.54, 1.807) is 11.3 Å². The van der Waals surface area contributed by atoms with Crippen LogP contribution in [0.4, 0.5) is 0 Å². The molecule has 7 aromatic carbocycles. The van der Waals surface area contributed by atoms with Gasteiger partial charge in [-0.05, 0) is 94.0 Å². The second-order valence-electron chi connectivity index (χ2n) is 16.1. The number of thiazole rings is 1. The summed E-state index contributed by atoms with van der Waals surface area (Å²) >= 11 is 3.57. The van der Waals surface area contributed by atoms with Crippen LogP contribution in [0.25, 0.3) is 103 Å². The molecule has 1 aliphatic carbocycles. The Kier molecular flexibility index (Phi) is 7.89. The van der Waals surface area contributed by atoms with Crippen LogP contribution in [0.1, 0.15) is 25.0 Å². The lowest BCUT2D eigenvalue weighted by atomic mass is 9.82. The summed E-state index contributed by atoms with van der Waals surface area (Å²) in [7, 11) is 0. The topological polar surface area (TPSA) is 43.6 Å². The highest BCUT2D eigenvalue weighted by Crippen LogP contribution is 2.51. The zero-order valence-electron chi connectivity index (χ0n) is 32.9. The number of benzene rings is 7. The molecule has 1 aliphatic rings. The van der Waals surface area contributed by atoms with Crippen LogP contribution in [-0.2, 0) is 5.41 Å². The van der Waals surface area contributed by atoms with Crippen molar-refractivity contribution in [2.45, 2.75) is 19.3 Å². The Labute approximate surface area is 355 Å². The first kappa shape index (κ1) is 35.0. The summed E-state index contributed by atoms with van der Waals surface area (Å²) in [5.74, 6) is 0.655. The van der Waals surface area contributed by atoms with Gasteiger partial charge >= 0.3 is 0 Å². The molecule has 0 unspecified atom stereocenters. The molecular formula is C54H36N4S2. The van der Waals surface area contributed by atoms with Crippen LogP contribution in [0.15, 0.2) is 182 Å². The number of hydrogen-bond donors (Lipinski definition) is 0. The predicted molar refractivity (Wildman–Crippen MR) is 252 cm³/mol. The monoisotopic (exact) mass is 804 g/mol. The number of fused-ring (bicyclic) bond motifs is 7. The van der Waals surface area contributed by atoms with Gasteiger partial charge < -0.3 is 0 Å². The van der Waals surface area contributed by atoms with Crippen molar-refractivity contribution in [3.63, 3.8) is 0 Å². The zero-order chi connectivity index (χ0) is 40.0. The SMILES string of the molecule is CC1(C)c2ccccc2-c2cc3c4cc(-c5ccc(-c6cccc(-c7nc8ccccc8s7)c6)s5)ccc4n(-c4nc(-c5ccccc5)cc(-c5ccccc5)n4)c3cc21. The van der Waals surface area contributed by atoms with Crippen molar-refractivity contribution in [2.24, 2.45) is 0 Å². The Morgan fingerprint density at radius 1 is 0.433 bits per heavy atom. The van der Waals surface area contributed by atoms with Crippen molar-refractivity contribution < 1.29 is 0 Å². The van der Waals surface area contributed by atoms with Gasteiger partial charge in [-0.3, -0.25) is 4.57 Å². The summed E-state index contributed by atoms with van der Waals surface area (Å²) in [5.41, 5.74) is 15.7. The van der Waals surface area contributed by atoms with Gasteiger partial charge in [-0.1, -0.05) is 135 Å². The van der Waals surface area contributed by atoms with E-state index in [0.717, 1.165) is 49.6 Å². The quantitative estimate of drug-likeness (QED) is 0.168. The molecule has 0 saturated heterocycles. The van der Waals surface area contributed by atoms with E-state index in [-0.39, 0.29) is 5.41 Å². The fourth-order valence-corrected chi connectivity index (χ4v) is 11.0. The number of rotatable bonds is 6. The molecular weight excluding hydrogens is 769 g/mol. The molecule has 4 aromatic heterocycles. The lowest BCUT2D eigenvalue weighted by molar-refractivity contribution is 0.661. The van der Waals surface area contributed by atoms with Gasteiger partial charge in [0.1, 0.15) is 5.01 Å². The number of aromatic nitrogens is 4. The summed E-state index contributed by atoms with van der Waals surface area (Å²) in [6.07, 6.45) is 0. The zero-order valence-corrected chi connectivity index (χ0v) is 34.6. The maximum absolute atomic E-state index is 5.35. The average molecular weight is 805 g/mol. The average Bonchev–Trinajstić information content (AvgIpc) is 4.09. The normalized spacial score (nSPS) is 13.0. The molecule has 0 bridgehead atoms. The molecule has 0 atom stereocenters. The van der Waals surface area contributed by atoms with Crippen LogP contribution in [0.3, 0.4) is 0 Å². The van der Waals surface area contributed by atoms with Crippen LogP contribution in [0, 0.1) is 0 Å². The Morgan fingerprint density at radius 3 is 1.82 bits per heavy atom. The molecule has 0 spiro atoms. The number of hydrogen-bond acceptors (Lipinski definition) is 5. The smallest absolute Gasteiger partial charge is 0.235 e. The maximum Gasteiger partial charge on any atom is 0.235 e. The van der Waals surface area contributed by atoms with Gasteiger partial charge in [0.05, 0.1) is 32.6 Å². The number of para-hydroxylation sites is 1. The van der Waals surface area contributed by atoms with E-state index in [0.29, 0.717) is 5.95 Å². The summed E-state index contributed by atoms with van der Waals surface area (Å²) in [5, 5.41) is 3.41. The highest BCUT2D eigenvalue weighted by Gasteiger charge is 2.36. The van der Waals surface area contributed by atoms with Gasteiger partial charge in [0.25, 0.3) is 0 Å². The highest BCUT2D eigenvalue weighted by atomic mass is 32.1. The van der Waals surface area contributed by atoms with E-state index in [1.807, 2.05) is 23.5 Å². The second-order valence-corrected chi connectivity index (χ2v) is 18.2. The fourth-order valence-electron chi connectivity index (χ4n) is 9.08. The molecule has 0 amide bonds. The Morgan fingerprint density at radius 2 is 1.07 bits per heavy atom. The minimum absolute atomic E-state index is 0.161. The standard InChI is InChI=1S/C54H36N4S2/c1-54(2)42-21-10-9-20-38(42)39-30-41-40-29-36(50-27-26-49(59-50)35-18-13-19-37(28-35)52-55-44-22-11-12-23-51(44)60-52)24-25-47(40)58(48(41)31-43(39)54)53-56-45(33-14-5-3-6-15-33)32-46(57-53)34-16-7-4-8-17-34/h3-32H,1-2H3. The predicted octanol–water partition coefficient (Wildman–Crippen LogP) is 14.9. The van der Waals surface area contributed by atoms with Gasteiger partial charge in [-0.25, -0.2) is 15.0 Å². The minimum atomic E-state index is -0.161. The fraction of sp³-hybridized carbons (Fsp3) is 0.0556. The molecule has 0 N–H and O–H groups in total. The van der Waals surface area contributed by atoms with Gasteiger partial charge in [-0.2, -0.15) is 0 Å². The maximum atomic E-state index is 5.35. The van der Waals surface area contributed by atoms with E-state index in [9.17, 15) is 0 Å². The lowest BCUT2D eigenvalue weighted by Crippen LogP contribution is -2.15. The molecule has 0 aliphatic heterocycles. The third kappa shape index (κ3) is 5.59. The Bertz CT molecular complexity index is 3370. The summed E-state index contributed by atoms with van der Waals surface area (Å²) in [6, 6.07) is 65.3. The van der Waals surface area contributed by atoms with Crippen LogP contribution in [-0.4, -0.2) is 19.5 Å². The molecule has 6 heteroatoms.